The number of ether oxygens (including phenoxy) is 1. The fourth-order valence-electron chi connectivity index (χ4n) is 4.14. The predicted octanol–water partition coefficient (Wildman–Crippen LogP) is 3.36. The van der Waals surface area contributed by atoms with Gasteiger partial charge in [-0.2, -0.15) is 0 Å². The van der Waals surface area contributed by atoms with E-state index in [1.54, 1.807) is 49.4 Å². The molecule has 0 aliphatic heterocycles. The van der Waals surface area contributed by atoms with Crippen molar-refractivity contribution in [1.29, 1.82) is 0 Å². The Morgan fingerprint density at radius 1 is 0.905 bits per heavy atom. The van der Waals surface area contributed by atoms with E-state index in [2.05, 4.69) is 21.3 Å². The Hall–Kier alpha value is -4.12. The van der Waals surface area contributed by atoms with E-state index >= 15 is 0 Å². The minimum atomic E-state index is -1.09. The van der Waals surface area contributed by atoms with Gasteiger partial charge in [-0.25, -0.2) is 4.79 Å². The van der Waals surface area contributed by atoms with Crippen molar-refractivity contribution >= 4 is 41.2 Å². The fourth-order valence-corrected chi connectivity index (χ4v) is 4.41. The number of halogens is 1. The zero-order valence-corrected chi connectivity index (χ0v) is 25.0. The maximum atomic E-state index is 13.1. The highest BCUT2D eigenvalue weighted by Crippen LogP contribution is 2.28. The van der Waals surface area contributed by atoms with Crippen LogP contribution < -0.4 is 26.0 Å². The summed E-state index contributed by atoms with van der Waals surface area (Å²) < 4.78 is 5.26. The third-order valence-electron chi connectivity index (χ3n) is 6.39. The predicted molar refractivity (Wildman–Crippen MR) is 158 cm³/mol. The van der Waals surface area contributed by atoms with Crippen LogP contribution in [0.4, 0.5) is 4.79 Å². The number of benzene rings is 2. The SMILES string of the molecule is CCC(NC(=O)[C@H](CC(C)C)NC(=O)NCc1ccc(CCC(=O)O)cc1)C(=O)C(=O)NCc1cccc(Cl)c1OC. The molecule has 1 unspecified atom stereocenters. The molecule has 0 radical (unpaired) electrons. The number of nitrogens with one attached hydrogen (secondary N) is 4. The number of para-hydroxylation sites is 1. The van der Waals surface area contributed by atoms with Crippen LogP contribution in [0.25, 0.3) is 0 Å². The Bertz CT molecular complexity index is 1250. The van der Waals surface area contributed by atoms with Gasteiger partial charge in [0.25, 0.3) is 5.91 Å². The van der Waals surface area contributed by atoms with E-state index in [-0.39, 0.29) is 31.8 Å². The quantitative estimate of drug-likeness (QED) is 0.184. The molecular formula is C30H39ClN4O7. The molecule has 2 rings (SSSR count). The molecule has 0 bridgehead atoms. The van der Waals surface area contributed by atoms with Gasteiger partial charge in [0.05, 0.1) is 18.2 Å². The van der Waals surface area contributed by atoms with Gasteiger partial charge < -0.3 is 31.1 Å². The maximum absolute atomic E-state index is 13.1. The van der Waals surface area contributed by atoms with E-state index in [1.165, 1.54) is 7.11 Å². The van der Waals surface area contributed by atoms with Gasteiger partial charge in [-0.1, -0.05) is 68.8 Å². The normalized spacial score (nSPS) is 12.1. The van der Waals surface area contributed by atoms with E-state index in [4.69, 9.17) is 21.4 Å². The third kappa shape index (κ3) is 11.0. The summed E-state index contributed by atoms with van der Waals surface area (Å²) in [5.41, 5.74) is 2.26. The summed E-state index contributed by atoms with van der Waals surface area (Å²) in [6.07, 6.45) is 0.923. The number of carboxylic acids is 1. The number of hydrogen-bond acceptors (Lipinski definition) is 6. The van der Waals surface area contributed by atoms with E-state index in [0.29, 0.717) is 29.2 Å². The highest BCUT2D eigenvalue weighted by Gasteiger charge is 2.29. The fraction of sp³-hybridized carbons (Fsp3) is 0.433. The number of aliphatic carboxylic acids is 1. The smallest absolute Gasteiger partial charge is 0.315 e. The first-order chi connectivity index (χ1) is 19.9. The second-order valence-corrected chi connectivity index (χ2v) is 10.6. The van der Waals surface area contributed by atoms with Crippen LogP contribution in [0.3, 0.4) is 0 Å². The average Bonchev–Trinajstić information content (AvgIpc) is 2.95. The minimum absolute atomic E-state index is 0.00144. The van der Waals surface area contributed by atoms with Crippen molar-refractivity contribution in [3.05, 3.63) is 64.2 Å². The molecule has 0 saturated heterocycles. The Kier molecular flexibility index (Phi) is 13.8. The number of hydrogen-bond donors (Lipinski definition) is 5. The van der Waals surface area contributed by atoms with Crippen LogP contribution in [0.2, 0.25) is 5.02 Å². The topological polar surface area (TPSA) is 163 Å². The average molecular weight is 603 g/mol. The molecule has 2 atom stereocenters. The number of rotatable bonds is 16. The number of ketones is 1. The van der Waals surface area contributed by atoms with E-state index in [0.717, 1.165) is 11.1 Å². The van der Waals surface area contributed by atoms with Gasteiger partial charge in [0, 0.05) is 25.1 Å². The summed E-state index contributed by atoms with van der Waals surface area (Å²) in [7, 11) is 1.45. The number of carbonyl (C=O) groups is 5. The molecule has 0 heterocycles. The molecule has 228 valence electrons. The number of carboxylic acid groups (broad SMARTS) is 1. The summed E-state index contributed by atoms with van der Waals surface area (Å²) in [6.45, 7) is 5.65. The van der Waals surface area contributed by atoms with Crippen LogP contribution in [0.1, 0.15) is 56.7 Å². The summed E-state index contributed by atoms with van der Waals surface area (Å²) in [5, 5.41) is 19.7. The molecule has 5 N–H and O–H groups in total. The van der Waals surface area contributed by atoms with Gasteiger partial charge in [0.1, 0.15) is 11.8 Å². The molecule has 2 aromatic rings. The van der Waals surface area contributed by atoms with E-state index in [9.17, 15) is 24.0 Å². The number of methoxy groups -OCH3 is 1. The maximum Gasteiger partial charge on any atom is 0.315 e. The molecule has 4 amide bonds. The summed E-state index contributed by atoms with van der Waals surface area (Å²) in [6, 6.07) is 9.64. The van der Waals surface area contributed by atoms with Crippen molar-refractivity contribution in [3.8, 4) is 5.75 Å². The molecule has 42 heavy (non-hydrogen) atoms. The second kappa shape index (κ2) is 17.0. The van der Waals surface area contributed by atoms with Gasteiger partial charge in [-0.15, -0.1) is 0 Å². The van der Waals surface area contributed by atoms with Gasteiger partial charge >= 0.3 is 12.0 Å². The zero-order valence-electron chi connectivity index (χ0n) is 24.3. The van der Waals surface area contributed by atoms with Gasteiger partial charge in [-0.05, 0) is 42.4 Å². The lowest BCUT2D eigenvalue weighted by molar-refractivity contribution is -0.140. The Balaban J connectivity index is 1.95. The molecule has 0 spiro atoms. The first-order valence-electron chi connectivity index (χ1n) is 13.7. The van der Waals surface area contributed by atoms with Crippen LogP contribution in [0.15, 0.2) is 42.5 Å². The largest absolute Gasteiger partial charge is 0.495 e. The number of aryl methyl sites for hydroxylation is 1. The summed E-state index contributed by atoms with van der Waals surface area (Å²) in [5.74, 6) is -2.70. The zero-order chi connectivity index (χ0) is 31.2. The second-order valence-electron chi connectivity index (χ2n) is 10.2. The minimum Gasteiger partial charge on any atom is -0.495 e. The van der Waals surface area contributed by atoms with Gasteiger partial charge in [0.2, 0.25) is 11.7 Å². The number of amides is 4. The van der Waals surface area contributed by atoms with Crippen molar-refractivity contribution in [2.75, 3.05) is 7.11 Å². The van der Waals surface area contributed by atoms with E-state index in [1.807, 2.05) is 13.8 Å². The highest BCUT2D eigenvalue weighted by molar-refractivity contribution is 6.38. The molecular weight excluding hydrogens is 564 g/mol. The van der Waals surface area contributed by atoms with Crippen LogP contribution in [0, 0.1) is 5.92 Å². The van der Waals surface area contributed by atoms with Crippen LogP contribution in [0.5, 0.6) is 5.75 Å². The van der Waals surface area contributed by atoms with Crippen molar-refractivity contribution in [1.82, 2.24) is 21.3 Å². The Labute approximate surface area is 250 Å². The Morgan fingerprint density at radius 2 is 1.57 bits per heavy atom. The molecule has 0 aliphatic rings. The third-order valence-corrected chi connectivity index (χ3v) is 6.69. The van der Waals surface area contributed by atoms with Crippen LogP contribution in [-0.4, -0.2) is 53.9 Å². The lowest BCUT2D eigenvalue weighted by Gasteiger charge is -2.23. The van der Waals surface area contributed by atoms with Crippen molar-refractivity contribution in [2.45, 2.75) is 71.6 Å². The lowest BCUT2D eigenvalue weighted by Crippen LogP contribution is -2.55. The first-order valence-corrected chi connectivity index (χ1v) is 14.1. The van der Waals surface area contributed by atoms with Crippen molar-refractivity contribution in [2.24, 2.45) is 5.92 Å². The molecule has 2 aromatic carbocycles. The molecule has 0 fully saturated rings. The van der Waals surface area contributed by atoms with Crippen LogP contribution in [-0.2, 0) is 38.7 Å². The molecule has 12 heteroatoms. The Morgan fingerprint density at radius 3 is 2.17 bits per heavy atom. The lowest BCUT2D eigenvalue weighted by atomic mass is 10.0. The first kappa shape index (κ1) is 34.1. The van der Waals surface area contributed by atoms with E-state index < -0.39 is 41.7 Å². The number of Topliss-reactive ketones (excluding diaryl/α,β-unsaturated/α-hetero) is 1. The number of urea groups is 1. The molecule has 0 saturated carbocycles. The molecule has 0 aromatic heterocycles. The summed E-state index contributed by atoms with van der Waals surface area (Å²) >= 11 is 6.11. The van der Waals surface area contributed by atoms with Gasteiger partial charge in [0.15, 0.2) is 0 Å². The van der Waals surface area contributed by atoms with Crippen LogP contribution >= 0.6 is 11.6 Å². The monoisotopic (exact) mass is 602 g/mol. The van der Waals surface area contributed by atoms with Crippen molar-refractivity contribution < 1.29 is 33.8 Å². The van der Waals surface area contributed by atoms with Gasteiger partial charge in [-0.3, -0.25) is 19.2 Å². The van der Waals surface area contributed by atoms with Crippen molar-refractivity contribution in [3.63, 3.8) is 0 Å². The molecule has 11 nitrogen and oxygen atoms in total. The summed E-state index contributed by atoms with van der Waals surface area (Å²) in [4.78, 5) is 62.0. The standard InChI is InChI=1S/C30H39ClN4O7/c1-5-23(26(38)29(40)32-17-21-7-6-8-22(31)27(21)42-4)34-28(39)24(15-18(2)3)35-30(41)33-16-20-11-9-19(10-12-20)13-14-25(36)37/h6-12,18,23-24H,5,13-17H2,1-4H3,(H,32,40)(H,34,39)(H,36,37)(H2,33,35,41)/t23?,24-/m0/s1. The molecule has 0 aliphatic carbocycles. The number of carbonyl (C=O) groups excluding carboxylic acids is 4. The highest BCUT2D eigenvalue weighted by atomic mass is 35.5.